The summed E-state index contributed by atoms with van der Waals surface area (Å²) in [5.41, 5.74) is 3.98. The maximum absolute atomic E-state index is 13.2. The molecular weight excluding hydrogens is 2190 g/mol. The van der Waals surface area contributed by atoms with Gasteiger partial charge in [0, 0.05) is 37.2 Å². The quantitative estimate of drug-likeness (QED) is 0.0876. The first-order valence-electron chi connectivity index (χ1n) is 43.5. The predicted octanol–water partition coefficient (Wildman–Crippen LogP) is 13.0. The topological polar surface area (TPSA) is 372 Å². The van der Waals surface area contributed by atoms with Gasteiger partial charge in [-0.05, 0) is 104 Å². The number of thioether (sulfide) groups is 6. The van der Waals surface area contributed by atoms with Crippen LogP contribution in [0.2, 0.25) is 26.8 Å². The number of fused-ring (bicyclic) bond motifs is 6. The number of hydrogen-bond acceptors (Lipinski definition) is 31. The lowest BCUT2D eigenvalue weighted by molar-refractivity contribution is -0.751. The van der Waals surface area contributed by atoms with Crippen molar-refractivity contribution in [2.75, 3.05) is 41.6 Å². The van der Waals surface area contributed by atoms with Crippen LogP contribution in [0.5, 0.6) is 29.4 Å². The minimum absolute atomic E-state index is 0.115. The summed E-state index contributed by atoms with van der Waals surface area (Å²) in [6, 6.07) is 53.7. The summed E-state index contributed by atoms with van der Waals surface area (Å²) in [5.74, 6) is 2.60. The van der Waals surface area contributed by atoms with E-state index in [0.717, 1.165) is 45.7 Å². The number of rotatable bonds is 12. The number of nitrogens with zero attached hydrogens (tertiary/aromatic N) is 18. The van der Waals surface area contributed by atoms with E-state index < -0.39 is 6.23 Å². The number of thiazole rings is 6. The molecule has 734 valence electrons. The van der Waals surface area contributed by atoms with E-state index in [1.54, 1.807) is 207 Å². The molecule has 1 fully saturated rings. The molecule has 0 radical (unpaired) electrons. The molecule has 17 aromatic rings. The first-order chi connectivity index (χ1) is 69.5. The zero-order valence-corrected chi connectivity index (χ0v) is 90.1. The van der Waals surface area contributed by atoms with Gasteiger partial charge in [-0.15, -0.1) is 68.0 Å². The van der Waals surface area contributed by atoms with Gasteiger partial charge in [0.15, 0.2) is 57.0 Å². The van der Waals surface area contributed by atoms with Crippen molar-refractivity contribution >= 4 is 219 Å². The summed E-state index contributed by atoms with van der Waals surface area (Å²) in [4.78, 5) is 97.3. The van der Waals surface area contributed by atoms with Crippen molar-refractivity contribution < 1.29 is 63.2 Å². The van der Waals surface area contributed by atoms with Crippen LogP contribution in [0.25, 0.3) is 61.2 Å². The maximum atomic E-state index is 13.2. The van der Waals surface area contributed by atoms with Crippen molar-refractivity contribution in [2.24, 2.45) is 35.2 Å². The smallest absolute Gasteiger partial charge is 0.345 e. The monoisotopic (exact) mass is 2260 g/mol. The normalized spacial score (nSPS) is 17.6. The van der Waals surface area contributed by atoms with Gasteiger partial charge < -0.3 is 35.7 Å². The third-order valence-electron chi connectivity index (χ3n) is 24.2. The van der Waals surface area contributed by atoms with Crippen LogP contribution in [-0.2, 0) is 35.2 Å². The van der Waals surface area contributed by atoms with Crippen molar-refractivity contribution in [3.8, 4) is 85.0 Å². The predicted molar refractivity (Wildman–Crippen MR) is 558 cm³/mol. The number of aliphatic hydroxyl groups is 1. The maximum Gasteiger partial charge on any atom is 0.345 e. The molecule has 11 aromatic heterocycles. The highest BCUT2D eigenvalue weighted by Crippen LogP contribution is 2.48. The Morgan fingerprint density at radius 1 is 0.285 bits per heavy atom. The van der Waals surface area contributed by atoms with Gasteiger partial charge >= 0.3 is 58.7 Å². The molecule has 144 heavy (non-hydrogen) atoms. The van der Waals surface area contributed by atoms with Gasteiger partial charge in [-0.2, -0.15) is 22.8 Å². The number of aromatic nitrogens is 16. The van der Waals surface area contributed by atoms with E-state index in [-0.39, 0.29) is 127 Å². The standard InChI is InChI=1S/C16H14ClN3O2S2.5C16H12ClN3O2S2/c6*1-19-13(21)12(9-5-3-2-4-6-9)14(22)20-10(8-23-16(19)20)11-7-18-15(17)24-11/h2-7,10,13,21H,8H2,1H3;5*2-7,10H,8H2,1H3. The van der Waals surface area contributed by atoms with Gasteiger partial charge in [0.1, 0.15) is 33.9 Å². The Balaban J connectivity index is 0.000000109. The highest BCUT2D eigenvalue weighted by Gasteiger charge is 2.49. The lowest BCUT2D eigenvalue weighted by atomic mass is 10.0. The molecule has 7 aliphatic heterocycles. The third kappa shape index (κ3) is 19.6. The van der Waals surface area contributed by atoms with Gasteiger partial charge in [0.25, 0.3) is 0 Å². The molecule has 0 saturated carbocycles. The van der Waals surface area contributed by atoms with Gasteiger partial charge in [0.2, 0.25) is 6.23 Å². The Bertz CT molecular complexity index is 7290. The number of hydrogen-bond donors (Lipinski definition) is 1. The molecule has 1 N–H and O–H groups in total. The van der Waals surface area contributed by atoms with Crippen LogP contribution >= 0.6 is 208 Å². The first kappa shape index (κ1) is 102. The molecule has 1 saturated heterocycles. The third-order valence-corrected chi connectivity index (χ3v) is 38.8. The van der Waals surface area contributed by atoms with Gasteiger partial charge in [0.05, 0.1) is 147 Å². The first-order valence-corrected chi connectivity index (χ1v) is 56.6. The Kier molecular flexibility index (Phi) is 30.7. The van der Waals surface area contributed by atoms with Gasteiger partial charge in [-0.1, -0.05) is 252 Å². The van der Waals surface area contributed by atoms with Crippen LogP contribution < -0.4 is 81.3 Å². The van der Waals surface area contributed by atoms with Crippen LogP contribution in [0.3, 0.4) is 0 Å². The molecule has 48 heteroatoms. The molecule has 7 aliphatic rings. The van der Waals surface area contributed by atoms with Crippen molar-refractivity contribution in [1.82, 2.24) is 57.6 Å². The Morgan fingerprint density at radius 2 is 0.472 bits per heavy atom. The zero-order chi connectivity index (χ0) is 101. The van der Waals surface area contributed by atoms with Crippen molar-refractivity contribution in [2.45, 2.75) is 68.3 Å². The lowest BCUT2D eigenvalue weighted by Gasteiger charge is -2.33. The molecular formula is C96H74Cl6N18O12S12. The second-order valence-electron chi connectivity index (χ2n) is 32.6. The van der Waals surface area contributed by atoms with E-state index in [1.807, 2.05) is 121 Å². The number of likely N-dealkylation sites (N-methyl/N-ethyl adjacent to an activating group) is 1. The summed E-state index contributed by atoms with van der Waals surface area (Å²) in [6.07, 6.45) is 9.28. The number of amidine groups is 1. The van der Waals surface area contributed by atoms with Crippen LogP contribution in [-0.4, -0.2) is 120 Å². The Labute approximate surface area is 899 Å². The minimum atomic E-state index is -0.956. The Morgan fingerprint density at radius 3 is 0.667 bits per heavy atom. The summed E-state index contributed by atoms with van der Waals surface area (Å²) >= 11 is 53.0. The summed E-state index contributed by atoms with van der Waals surface area (Å²) in [5, 5.41) is 91.4. The molecule has 30 nitrogen and oxygen atoms in total. The molecule has 24 rings (SSSR count). The van der Waals surface area contributed by atoms with E-state index >= 15 is 0 Å². The second kappa shape index (κ2) is 43.4. The van der Waals surface area contributed by atoms with Crippen molar-refractivity contribution in [1.29, 1.82) is 0 Å². The largest absolute Gasteiger partial charge is 0.842 e. The molecule has 0 aliphatic carbocycles. The van der Waals surface area contributed by atoms with E-state index in [0.29, 0.717) is 115 Å². The highest BCUT2D eigenvalue weighted by molar-refractivity contribution is 8.14. The Hall–Kier alpha value is -10.7. The van der Waals surface area contributed by atoms with E-state index in [2.05, 4.69) is 29.9 Å². The van der Waals surface area contributed by atoms with Gasteiger partial charge in [-0.3, -0.25) is 0 Å². The molecule has 7 unspecified atom stereocenters. The summed E-state index contributed by atoms with van der Waals surface area (Å²) < 4.78 is 20.7. The number of benzene rings is 6. The average Bonchev–Trinajstić information content (AvgIpc) is 1.59. The molecule has 7 atom stereocenters. The number of aliphatic hydroxyl groups excluding tert-OH is 1. The van der Waals surface area contributed by atoms with Crippen LogP contribution in [0, 0.1) is 0 Å². The minimum Gasteiger partial charge on any atom is -0.842 e. The molecule has 6 aromatic carbocycles. The highest BCUT2D eigenvalue weighted by atomic mass is 35.5. The van der Waals surface area contributed by atoms with Crippen molar-refractivity contribution in [3.63, 3.8) is 0 Å². The molecule has 0 bridgehead atoms. The molecule has 18 heterocycles. The van der Waals surface area contributed by atoms with Crippen LogP contribution in [0.1, 0.15) is 71.1 Å². The fraction of sp³-hybridized carbons (Fsp3) is 0.198. The summed E-state index contributed by atoms with van der Waals surface area (Å²) in [6.45, 7) is 0. The number of halogens is 6. The van der Waals surface area contributed by atoms with E-state index in [1.165, 1.54) is 127 Å². The summed E-state index contributed by atoms with van der Waals surface area (Å²) in [7, 11) is 10.3. The van der Waals surface area contributed by atoms with Crippen LogP contribution in [0.15, 0.2) is 275 Å². The van der Waals surface area contributed by atoms with E-state index in [9.17, 15) is 59.7 Å². The average molecular weight is 2270 g/mol. The fourth-order valence-electron chi connectivity index (χ4n) is 17.3. The SMILES string of the molecule is C[N+]1=C2SCC(c3cnc(Cl)s3)N2C([O-])=C(c2ccccc2)C1O.C[n+]1c([O-])c(-c2ccccc2)c(=O)n2c1SCC2c1cnc(Cl)s1.C[n+]1c([O-])c(-c2ccccc2)c(=O)n2c1SCC2c1cnc(Cl)s1.C[n+]1c([O-])c(-c2ccccc2)c(=O)n2c1SCC2c1cnc(Cl)s1.C[n+]1c([O-])c(-c2ccccc2)c(=O)n2c1SCC2c1cnc(Cl)s1.C[n+]1c([O-])c(-c2ccccc2)c(=O)n2c1SCC2c1cnc(Cl)s1. The fourth-order valence-corrected chi connectivity index (χ4v) is 31.8. The van der Waals surface area contributed by atoms with E-state index in [4.69, 9.17) is 69.6 Å². The zero-order valence-electron chi connectivity index (χ0n) is 75.7. The van der Waals surface area contributed by atoms with Gasteiger partial charge in [-0.25, -0.2) is 86.2 Å². The van der Waals surface area contributed by atoms with Crippen LogP contribution in [0.4, 0.5) is 0 Å². The van der Waals surface area contributed by atoms with Crippen molar-refractivity contribution in [3.05, 3.63) is 338 Å². The second-order valence-corrected chi connectivity index (χ2v) is 48.4. The molecule has 0 spiro atoms. The lowest BCUT2D eigenvalue weighted by Crippen LogP contribution is -2.46. The molecule has 0 amide bonds.